The van der Waals surface area contributed by atoms with Crippen molar-refractivity contribution in [3.8, 4) is 17.0 Å². The van der Waals surface area contributed by atoms with E-state index in [4.69, 9.17) is 14.5 Å². The Labute approximate surface area is 146 Å². The van der Waals surface area contributed by atoms with Gasteiger partial charge in [0.2, 0.25) is 0 Å². The molecule has 0 aliphatic heterocycles. The maximum Gasteiger partial charge on any atom is 0.325 e. The van der Waals surface area contributed by atoms with E-state index in [0.717, 1.165) is 27.8 Å². The smallest absolute Gasteiger partial charge is 0.325 e. The summed E-state index contributed by atoms with van der Waals surface area (Å²) in [5.74, 6) is 1.16. The van der Waals surface area contributed by atoms with Crippen LogP contribution in [-0.4, -0.2) is 31.2 Å². The number of hydrogen-bond acceptors (Lipinski definition) is 5. The van der Waals surface area contributed by atoms with E-state index in [1.807, 2.05) is 54.6 Å². The lowest BCUT2D eigenvalue weighted by atomic mass is 10.1. The second-order valence-corrected chi connectivity index (χ2v) is 5.46. The van der Waals surface area contributed by atoms with Crippen LogP contribution in [0.15, 0.2) is 54.6 Å². The summed E-state index contributed by atoms with van der Waals surface area (Å²) in [5, 5.41) is 5.11. The third-order valence-corrected chi connectivity index (χ3v) is 3.83. The molecule has 3 aromatic rings. The van der Waals surface area contributed by atoms with Crippen LogP contribution in [0.3, 0.4) is 0 Å². The summed E-state index contributed by atoms with van der Waals surface area (Å²) >= 11 is 0. The van der Waals surface area contributed by atoms with Gasteiger partial charge in [-0.15, -0.1) is 0 Å². The highest BCUT2D eigenvalue weighted by molar-refractivity contribution is 5.95. The standard InChI is InChI=1S/C20H20N2O3/c1-3-25-19(23)13-21-20-17-7-5-4-6-15(17)12-18(22-20)14-8-10-16(24-2)11-9-14/h4-12H,3,13H2,1-2H3,(H,21,22). The molecular formula is C20H20N2O3. The van der Waals surface area contributed by atoms with Gasteiger partial charge < -0.3 is 14.8 Å². The van der Waals surface area contributed by atoms with E-state index in [-0.39, 0.29) is 12.5 Å². The van der Waals surface area contributed by atoms with Gasteiger partial charge in [-0.2, -0.15) is 0 Å². The van der Waals surface area contributed by atoms with Gasteiger partial charge in [-0.3, -0.25) is 4.79 Å². The summed E-state index contributed by atoms with van der Waals surface area (Å²) in [6.45, 7) is 2.23. The fraction of sp³-hybridized carbons (Fsp3) is 0.200. The molecule has 0 aliphatic rings. The third kappa shape index (κ3) is 3.88. The van der Waals surface area contributed by atoms with Crippen molar-refractivity contribution in [1.82, 2.24) is 4.98 Å². The van der Waals surface area contributed by atoms with E-state index in [2.05, 4.69) is 5.32 Å². The Morgan fingerprint density at radius 3 is 2.60 bits per heavy atom. The van der Waals surface area contributed by atoms with Gasteiger partial charge in [0.05, 0.1) is 19.4 Å². The van der Waals surface area contributed by atoms with Gasteiger partial charge >= 0.3 is 5.97 Å². The molecule has 0 unspecified atom stereocenters. The second kappa shape index (κ2) is 7.66. The molecule has 0 atom stereocenters. The number of methoxy groups -OCH3 is 1. The molecule has 0 radical (unpaired) electrons. The van der Waals surface area contributed by atoms with Gasteiger partial charge in [0.15, 0.2) is 0 Å². The average molecular weight is 336 g/mol. The zero-order valence-electron chi connectivity index (χ0n) is 14.3. The second-order valence-electron chi connectivity index (χ2n) is 5.46. The topological polar surface area (TPSA) is 60.5 Å². The maximum atomic E-state index is 11.7. The minimum Gasteiger partial charge on any atom is -0.497 e. The van der Waals surface area contributed by atoms with Gasteiger partial charge in [0.1, 0.15) is 18.1 Å². The summed E-state index contributed by atoms with van der Waals surface area (Å²) in [4.78, 5) is 16.4. The summed E-state index contributed by atoms with van der Waals surface area (Å²) in [6.07, 6.45) is 0. The lowest BCUT2D eigenvalue weighted by Crippen LogP contribution is -2.17. The molecule has 0 fully saturated rings. The molecule has 3 rings (SSSR count). The Morgan fingerprint density at radius 2 is 1.88 bits per heavy atom. The van der Waals surface area contributed by atoms with E-state index in [1.54, 1.807) is 14.0 Å². The lowest BCUT2D eigenvalue weighted by Gasteiger charge is -2.12. The molecule has 5 nitrogen and oxygen atoms in total. The number of rotatable bonds is 6. The summed E-state index contributed by atoms with van der Waals surface area (Å²) in [6, 6.07) is 17.7. The maximum absolute atomic E-state index is 11.7. The first-order valence-electron chi connectivity index (χ1n) is 8.15. The number of aromatic nitrogens is 1. The van der Waals surface area contributed by atoms with Crippen LogP contribution in [0.1, 0.15) is 6.92 Å². The van der Waals surface area contributed by atoms with Crippen molar-refractivity contribution in [2.75, 3.05) is 25.6 Å². The summed E-state index contributed by atoms with van der Waals surface area (Å²) < 4.78 is 10.2. The van der Waals surface area contributed by atoms with Crippen LogP contribution in [0.4, 0.5) is 5.82 Å². The van der Waals surface area contributed by atoms with Crippen LogP contribution in [0.25, 0.3) is 22.0 Å². The monoisotopic (exact) mass is 336 g/mol. The van der Waals surface area contributed by atoms with E-state index >= 15 is 0 Å². The highest BCUT2D eigenvalue weighted by atomic mass is 16.5. The number of benzene rings is 2. The minimum atomic E-state index is -0.303. The molecule has 0 saturated carbocycles. The molecule has 0 saturated heterocycles. The average Bonchev–Trinajstić information content (AvgIpc) is 2.66. The zero-order valence-corrected chi connectivity index (χ0v) is 14.3. The van der Waals surface area contributed by atoms with Crippen molar-refractivity contribution in [3.63, 3.8) is 0 Å². The molecule has 5 heteroatoms. The first kappa shape index (κ1) is 16.8. The van der Waals surface area contributed by atoms with E-state index in [9.17, 15) is 4.79 Å². The van der Waals surface area contributed by atoms with Gasteiger partial charge in [-0.1, -0.05) is 24.3 Å². The van der Waals surface area contributed by atoms with Crippen LogP contribution in [0, 0.1) is 0 Å². The first-order valence-corrected chi connectivity index (χ1v) is 8.15. The quantitative estimate of drug-likeness (QED) is 0.692. The number of fused-ring (bicyclic) bond motifs is 1. The third-order valence-electron chi connectivity index (χ3n) is 3.83. The highest BCUT2D eigenvalue weighted by Gasteiger charge is 2.09. The largest absolute Gasteiger partial charge is 0.497 e. The molecule has 0 bridgehead atoms. The molecule has 0 aliphatic carbocycles. The number of nitrogens with zero attached hydrogens (tertiary/aromatic N) is 1. The molecule has 25 heavy (non-hydrogen) atoms. The van der Waals surface area contributed by atoms with Gasteiger partial charge in [-0.25, -0.2) is 4.98 Å². The SMILES string of the molecule is CCOC(=O)CNc1nc(-c2ccc(OC)cc2)cc2ccccc12. The molecule has 2 aromatic carbocycles. The lowest BCUT2D eigenvalue weighted by molar-refractivity contribution is -0.140. The zero-order chi connectivity index (χ0) is 17.6. The Kier molecular flexibility index (Phi) is 5.14. The fourth-order valence-corrected chi connectivity index (χ4v) is 2.61. The molecular weight excluding hydrogens is 316 g/mol. The summed E-state index contributed by atoms with van der Waals surface area (Å²) in [7, 11) is 1.64. The number of carbonyl (C=O) groups is 1. The number of esters is 1. The van der Waals surface area contributed by atoms with Crippen molar-refractivity contribution in [3.05, 3.63) is 54.6 Å². The van der Waals surface area contributed by atoms with E-state index < -0.39 is 0 Å². The minimum absolute atomic E-state index is 0.0803. The van der Waals surface area contributed by atoms with Crippen LogP contribution in [0.2, 0.25) is 0 Å². The molecule has 1 heterocycles. The Balaban J connectivity index is 1.97. The number of hydrogen-bond donors (Lipinski definition) is 1. The van der Waals surface area contributed by atoms with Crippen molar-refractivity contribution < 1.29 is 14.3 Å². The molecule has 1 N–H and O–H groups in total. The number of anilines is 1. The Hall–Kier alpha value is -3.08. The van der Waals surface area contributed by atoms with Crippen LogP contribution < -0.4 is 10.1 Å². The van der Waals surface area contributed by atoms with Crippen molar-refractivity contribution in [2.45, 2.75) is 6.92 Å². The number of carbonyl (C=O) groups excluding carboxylic acids is 1. The highest BCUT2D eigenvalue weighted by Crippen LogP contribution is 2.28. The fourth-order valence-electron chi connectivity index (χ4n) is 2.61. The first-order chi connectivity index (χ1) is 12.2. The van der Waals surface area contributed by atoms with Crippen LogP contribution in [0.5, 0.6) is 5.75 Å². The summed E-state index contributed by atoms with van der Waals surface area (Å²) in [5.41, 5.74) is 1.80. The molecule has 0 amide bonds. The van der Waals surface area contributed by atoms with Gasteiger partial charge in [0.25, 0.3) is 0 Å². The van der Waals surface area contributed by atoms with Crippen molar-refractivity contribution in [1.29, 1.82) is 0 Å². The van der Waals surface area contributed by atoms with Crippen LogP contribution in [-0.2, 0) is 9.53 Å². The molecule has 0 spiro atoms. The van der Waals surface area contributed by atoms with E-state index in [1.165, 1.54) is 0 Å². The normalized spacial score (nSPS) is 10.5. The predicted molar refractivity (Wildman–Crippen MR) is 98.9 cm³/mol. The molecule has 128 valence electrons. The Morgan fingerprint density at radius 1 is 1.12 bits per heavy atom. The predicted octanol–water partition coefficient (Wildman–Crippen LogP) is 3.89. The van der Waals surface area contributed by atoms with Gasteiger partial charge in [0, 0.05) is 10.9 Å². The van der Waals surface area contributed by atoms with Crippen molar-refractivity contribution >= 4 is 22.6 Å². The molecule has 1 aromatic heterocycles. The Bertz CT molecular complexity index is 876. The van der Waals surface area contributed by atoms with E-state index in [0.29, 0.717) is 12.4 Å². The number of nitrogens with one attached hydrogen (secondary N) is 1. The number of pyridine rings is 1. The van der Waals surface area contributed by atoms with Gasteiger partial charge in [-0.05, 0) is 42.6 Å². The van der Waals surface area contributed by atoms with Crippen LogP contribution >= 0.6 is 0 Å². The number of ether oxygens (including phenoxy) is 2. The van der Waals surface area contributed by atoms with Crippen molar-refractivity contribution in [2.24, 2.45) is 0 Å².